The van der Waals surface area contributed by atoms with E-state index in [4.69, 9.17) is 4.74 Å². The summed E-state index contributed by atoms with van der Waals surface area (Å²) in [7, 11) is 1.62. The third-order valence-corrected chi connectivity index (χ3v) is 6.01. The number of nitrogens with zero attached hydrogens (tertiary/aromatic N) is 1. The van der Waals surface area contributed by atoms with Crippen LogP contribution in [0.4, 0.5) is 0 Å². The molecule has 0 unspecified atom stereocenters. The topological polar surface area (TPSA) is 58.6 Å². The Morgan fingerprint density at radius 3 is 2.03 bits per heavy atom. The Balaban J connectivity index is 1.95. The molecular formula is C29H34N2O3. The Labute approximate surface area is 202 Å². The van der Waals surface area contributed by atoms with Gasteiger partial charge in [-0.1, -0.05) is 79.7 Å². The lowest BCUT2D eigenvalue weighted by Gasteiger charge is -2.32. The second-order valence-electron chi connectivity index (χ2n) is 8.27. The van der Waals surface area contributed by atoms with Gasteiger partial charge in [-0.05, 0) is 42.2 Å². The molecule has 1 N–H and O–H groups in total. The number of nitrogens with one attached hydrogen (secondary N) is 1. The Morgan fingerprint density at radius 1 is 0.882 bits per heavy atom. The molecule has 3 aromatic carbocycles. The number of amides is 2. The molecule has 0 aromatic heterocycles. The van der Waals surface area contributed by atoms with Crippen LogP contribution in [0, 0.1) is 0 Å². The monoisotopic (exact) mass is 458 g/mol. The number of carbonyl (C=O) groups is 2. The molecule has 0 bridgehead atoms. The van der Waals surface area contributed by atoms with Crippen LogP contribution < -0.4 is 10.1 Å². The number of ether oxygens (including phenoxy) is 1. The molecule has 0 radical (unpaired) electrons. The van der Waals surface area contributed by atoms with E-state index < -0.39 is 6.04 Å². The highest BCUT2D eigenvalue weighted by Gasteiger charge is 2.30. The molecule has 3 aromatic rings. The molecule has 0 saturated carbocycles. The van der Waals surface area contributed by atoms with Gasteiger partial charge >= 0.3 is 0 Å². The maximum atomic E-state index is 13.9. The Kier molecular flexibility index (Phi) is 9.27. The van der Waals surface area contributed by atoms with Gasteiger partial charge in [-0.25, -0.2) is 0 Å². The third kappa shape index (κ3) is 6.47. The molecular weight excluding hydrogens is 424 g/mol. The maximum Gasteiger partial charge on any atom is 0.242 e. The van der Waals surface area contributed by atoms with E-state index in [0.717, 1.165) is 22.4 Å². The molecule has 0 aliphatic heterocycles. The minimum absolute atomic E-state index is 0.0568. The van der Waals surface area contributed by atoms with Crippen LogP contribution in [0.1, 0.15) is 49.3 Å². The predicted octanol–water partition coefficient (Wildman–Crippen LogP) is 5.16. The van der Waals surface area contributed by atoms with Crippen LogP contribution in [-0.2, 0) is 16.1 Å². The van der Waals surface area contributed by atoms with Crippen molar-refractivity contribution in [1.82, 2.24) is 10.2 Å². The van der Waals surface area contributed by atoms with Crippen molar-refractivity contribution in [3.8, 4) is 5.75 Å². The van der Waals surface area contributed by atoms with E-state index in [9.17, 15) is 9.59 Å². The van der Waals surface area contributed by atoms with Crippen molar-refractivity contribution >= 4 is 11.8 Å². The van der Waals surface area contributed by atoms with E-state index in [1.54, 1.807) is 12.0 Å². The Hall–Kier alpha value is -3.60. The van der Waals surface area contributed by atoms with Crippen LogP contribution in [0.5, 0.6) is 5.75 Å². The zero-order chi connectivity index (χ0) is 24.3. The van der Waals surface area contributed by atoms with Gasteiger partial charge in [0.05, 0.1) is 7.11 Å². The summed E-state index contributed by atoms with van der Waals surface area (Å²) >= 11 is 0. The zero-order valence-electron chi connectivity index (χ0n) is 20.2. The summed E-state index contributed by atoms with van der Waals surface area (Å²) in [5.41, 5.74) is 3.08. The first-order chi connectivity index (χ1) is 16.6. The lowest BCUT2D eigenvalue weighted by atomic mass is 9.88. The molecule has 0 fully saturated rings. The van der Waals surface area contributed by atoms with E-state index >= 15 is 0 Å². The summed E-state index contributed by atoms with van der Waals surface area (Å²) < 4.78 is 5.37. The first-order valence-corrected chi connectivity index (χ1v) is 11.9. The minimum Gasteiger partial charge on any atom is -0.497 e. The summed E-state index contributed by atoms with van der Waals surface area (Å²) in [6, 6.07) is 27.2. The number of rotatable bonds is 11. The number of benzene rings is 3. The largest absolute Gasteiger partial charge is 0.497 e. The standard InChI is InChI=1S/C29H34N2O3/c1-4-27(29(33)30-5-2)31(21-22-13-12-18-25(19-22)34-3)28(32)20-26(23-14-8-6-9-15-23)24-16-10-7-11-17-24/h6-19,26-27H,4-5,20-21H2,1-3H3,(H,30,33)/t27-/m1/s1. The van der Waals surface area contributed by atoms with Crippen LogP contribution in [-0.4, -0.2) is 36.4 Å². The number of methoxy groups -OCH3 is 1. The number of hydrogen-bond acceptors (Lipinski definition) is 3. The predicted molar refractivity (Wildman–Crippen MR) is 136 cm³/mol. The molecule has 0 aliphatic rings. The van der Waals surface area contributed by atoms with E-state index in [2.05, 4.69) is 29.6 Å². The fourth-order valence-corrected chi connectivity index (χ4v) is 4.27. The fourth-order valence-electron chi connectivity index (χ4n) is 4.27. The SMILES string of the molecule is CCNC(=O)[C@@H](CC)N(Cc1cccc(OC)c1)C(=O)CC(c1ccccc1)c1ccccc1. The van der Waals surface area contributed by atoms with E-state index in [1.165, 1.54) is 0 Å². The Morgan fingerprint density at radius 2 is 1.50 bits per heavy atom. The maximum absolute atomic E-state index is 13.9. The van der Waals surface area contributed by atoms with Gasteiger partial charge in [0.2, 0.25) is 11.8 Å². The van der Waals surface area contributed by atoms with Crippen molar-refractivity contribution in [1.29, 1.82) is 0 Å². The van der Waals surface area contributed by atoms with Gasteiger partial charge in [0.1, 0.15) is 11.8 Å². The van der Waals surface area contributed by atoms with Gasteiger partial charge in [-0.2, -0.15) is 0 Å². The van der Waals surface area contributed by atoms with Crippen molar-refractivity contribution in [2.75, 3.05) is 13.7 Å². The Bertz CT molecular complexity index is 1010. The van der Waals surface area contributed by atoms with Gasteiger partial charge in [0, 0.05) is 25.4 Å². The average molecular weight is 459 g/mol. The number of hydrogen-bond donors (Lipinski definition) is 1. The average Bonchev–Trinajstić information content (AvgIpc) is 2.88. The van der Waals surface area contributed by atoms with Gasteiger partial charge in [0.25, 0.3) is 0 Å². The lowest BCUT2D eigenvalue weighted by molar-refractivity contribution is -0.141. The normalized spacial score (nSPS) is 11.6. The third-order valence-electron chi connectivity index (χ3n) is 6.01. The first kappa shape index (κ1) is 25.0. The molecule has 1 atom stereocenters. The molecule has 5 heteroatoms. The molecule has 3 rings (SSSR count). The highest BCUT2D eigenvalue weighted by atomic mass is 16.5. The van der Waals surface area contributed by atoms with Gasteiger partial charge < -0.3 is 15.0 Å². The minimum atomic E-state index is -0.550. The number of carbonyl (C=O) groups excluding carboxylic acids is 2. The summed E-state index contributed by atoms with van der Waals surface area (Å²) in [4.78, 5) is 28.5. The van der Waals surface area contributed by atoms with Gasteiger partial charge in [-0.15, -0.1) is 0 Å². The van der Waals surface area contributed by atoms with Crippen molar-refractivity contribution in [3.05, 3.63) is 102 Å². The van der Waals surface area contributed by atoms with E-state index in [0.29, 0.717) is 19.5 Å². The second kappa shape index (κ2) is 12.6. The highest BCUT2D eigenvalue weighted by Crippen LogP contribution is 2.30. The van der Waals surface area contributed by atoms with Crippen LogP contribution >= 0.6 is 0 Å². The molecule has 0 spiro atoms. The van der Waals surface area contributed by atoms with Gasteiger partial charge in [0.15, 0.2) is 0 Å². The smallest absolute Gasteiger partial charge is 0.242 e. The van der Waals surface area contributed by atoms with Crippen molar-refractivity contribution < 1.29 is 14.3 Å². The second-order valence-corrected chi connectivity index (χ2v) is 8.27. The van der Waals surface area contributed by atoms with Crippen LogP contribution in [0.3, 0.4) is 0 Å². The summed E-state index contributed by atoms with van der Waals surface area (Å²) in [6.07, 6.45) is 0.802. The molecule has 5 nitrogen and oxygen atoms in total. The summed E-state index contributed by atoms with van der Waals surface area (Å²) in [5, 5.41) is 2.90. The molecule has 178 valence electrons. The van der Waals surface area contributed by atoms with Crippen LogP contribution in [0.25, 0.3) is 0 Å². The number of likely N-dealkylation sites (N-methyl/N-ethyl adjacent to an activating group) is 1. The quantitative estimate of drug-likeness (QED) is 0.432. The van der Waals surface area contributed by atoms with Crippen molar-refractivity contribution in [2.24, 2.45) is 0 Å². The lowest BCUT2D eigenvalue weighted by Crippen LogP contribution is -2.49. The first-order valence-electron chi connectivity index (χ1n) is 11.9. The van der Waals surface area contributed by atoms with E-state index in [-0.39, 0.29) is 24.2 Å². The van der Waals surface area contributed by atoms with Gasteiger partial charge in [-0.3, -0.25) is 9.59 Å². The van der Waals surface area contributed by atoms with Crippen LogP contribution in [0.15, 0.2) is 84.9 Å². The fraction of sp³-hybridized carbons (Fsp3) is 0.310. The molecule has 0 saturated heterocycles. The zero-order valence-corrected chi connectivity index (χ0v) is 20.2. The highest BCUT2D eigenvalue weighted by molar-refractivity contribution is 5.88. The summed E-state index contributed by atoms with van der Waals surface area (Å²) in [5.74, 6) is 0.438. The molecule has 34 heavy (non-hydrogen) atoms. The molecule has 0 aliphatic carbocycles. The summed E-state index contributed by atoms with van der Waals surface area (Å²) in [6.45, 7) is 4.69. The van der Waals surface area contributed by atoms with Crippen molar-refractivity contribution in [3.63, 3.8) is 0 Å². The van der Waals surface area contributed by atoms with Crippen LogP contribution in [0.2, 0.25) is 0 Å². The molecule has 2 amide bonds. The molecule has 0 heterocycles. The van der Waals surface area contributed by atoms with E-state index in [1.807, 2.05) is 74.5 Å². The van der Waals surface area contributed by atoms with Crippen molar-refractivity contribution in [2.45, 2.75) is 45.2 Å².